The zero-order valence-corrected chi connectivity index (χ0v) is 17.3. The number of nitrogens with zero attached hydrogens (tertiary/aromatic N) is 1. The third-order valence-electron chi connectivity index (χ3n) is 5.12. The van der Waals surface area contributed by atoms with Crippen molar-refractivity contribution >= 4 is 42.3 Å². The predicted octanol–water partition coefficient (Wildman–Crippen LogP) is 1.28. The first-order valence-corrected chi connectivity index (χ1v) is 13.1. The Morgan fingerprint density at radius 3 is 2.42 bits per heavy atom. The molecule has 0 amide bonds. The molecule has 2 heterocycles. The number of hydrogen-bond acceptors (Lipinski definition) is 0. The summed E-state index contributed by atoms with van der Waals surface area (Å²) in [6.45, 7) is 7.27. The monoisotopic (exact) mass is 396 g/mol. The molecule has 0 aliphatic carbocycles. The van der Waals surface area contributed by atoms with Gasteiger partial charge in [-0.2, -0.15) is 0 Å². The molecule has 3 aromatic rings. The summed E-state index contributed by atoms with van der Waals surface area (Å²) in [5.41, 5.74) is 4.19. The summed E-state index contributed by atoms with van der Waals surface area (Å²) in [5.74, 6) is 0. The summed E-state index contributed by atoms with van der Waals surface area (Å²) < 4.78 is 5.45. The molecule has 2 aromatic carbocycles. The van der Waals surface area contributed by atoms with Crippen molar-refractivity contribution in [3.05, 3.63) is 66.4 Å². The first-order valence-electron chi connectivity index (χ1n) is 8.36. The molecule has 1 nitrogen and oxygen atoms in total. The Balaban J connectivity index is 2.03. The topological polar surface area (TPSA) is 3.88 Å². The molecule has 0 atom stereocenters. The van der Waals surface area contributed by atoms with Gasteiger partial charge in [-0.3, -0.25) is 0 Å². The van der Waals surface area contributed by atoms with E-state index in [4.69, 9.17) is 0 Å². The molecule has 120 valence electrons. The van der Waals surface area contributed by atoms with E-state index < -0.39 is 8.07 Å². The van der Waals surface area contributed by atoms with E-state index in [-0.39, 0.29) is 0 Å². The zero-order valence-electron chi connectivity index (χ0n) is 14.6. The van der Waals surface area contributed by atoms with Gasteiger partial charge in [0.2, 0.25) is 0 Å². The Morgan fingerprint density at radius 2 is 1.62 bits per heavy atom. The molecule has 0 unspecified atom stereocenters. The number of benzene rings is 2. The molecule has 1 aliphatic rings. The molecule has 0 fully saturated rings. The van der Waals surface area contributed by atoms with Crippen LogP contribution in [0.25, 0.3) is 11.3 Å². The number of rotatable bonds is 1. The molecule has 0 radical (unpaired) electrons. The van der Waals surface area contributed by atoms with Gasteiger partial charge in [0.25, 0.3) is 0 Å². The number of aromatic nitrogens is 1. The van der Waals surface area contributed by atoms with Gasteiger partial charge >= 0.3 is 152 Å². The Hall–Kier alpha value is -1.67. The van der Waals surface area contributed by atoms with Crippen molar-refractivity contribution < 1.29 is 4.57 Å². The van der Waals surface area contributed by atoms with E-state index in [1.807, 2.05) is 0 Å². The van der Waals surface area contributed by atoms with Gasteiger partial charge in [-0.05, 0) is 0 Å². The van der Waals surface area contributed by atoms with E-state index >= 15 is 0 Å². The second-order valence-electron chi connectivity index (χ2n) is 7.05. The zero-order chi connectivity index (χ0) is 16.9. The summed E-state index contributed by atoms with van der Waals surface area (Å²) in [5, 5.41) is 3.26. The van der Waals surface area contributed by atoms with Crippen LogP contribution in [0, 0.1) is 6.92 Å². The minimum absolute atomic E-state index is 0.374. The molecule has 24 heavy (non-hydrogen) atoms. The molecule has 4 rings (SSSR count). The average Bonchev–Trinajstić information content (AvgIpc) is 2.56. The third kappa shape index (κ3) is 2.31. The van der Waals surface area contributed by atoms with Gasteiger partial charge in [0.15, 0.2) is 0 Å². The fourth-order valence-corrected chi connectivity index (χ4v) is 12.4. The van der Waals surface area contributed by atoms with E-state index in [2.05, 4.69) is 92.4 Å². The second-order valence-corrected chi connectivity index (χ2v) is 13.6. The van der Waals surface area contributed by atoms with Crippen molar-refractivity contribution in [2.24, 2.45) is 7.05 Å². The van der Waals surface area contributed by atoms with Crippen LogP contribution < -0.4 is 23.9 Å². The van der Waals surface area contributed by atoms with Crippen LogP contribution in [0.5, 0.6) is 0 Å². The van der Waals surface area contributed by atoms with Gasteiger partial charge in [0.05, 0.1) is 0 Å². The number of hydrogen-bond donors (Lipinski definition) is 0. The molecule has 0 spiro atoms. The number of fused-ring (bicyclic) bond motifs is 2. The van der Waals surface area contributed by atoms with E-state index in [0.29, 0.717) is 15.0 Å². The first kappa shape index (κ1) is 15.8. The van der Waals surface area contributed by atoms with Crippen LogP contribution in [0.2, 0.25) is 13.1 Å². The van der Waals surface area contributed by atoms with Gasteiger partial charge < -0.3 is 0 Å². The van der Waals surface area contributed by atoms with Crippen LogP contribution in [0.15, 0.2) is 60.8 Å². The maximum atomic E-state index is 2.50. The number of pyridine rings is 1. The summed E-state index contributed by atoms with van der Waals surface area (Å²) in [6, 6.07) is 20.4. The van der Waals surface area contributed by atoms with Crippen LogP contribution >= 0.6 is 0 Å². The van der Waals surface area contributed by atoms with Crippen LogP contribution in [0.4, 0.5) is 0 Å². The fourth-order valence-electron chi connectivity index (χ4n) is 3.71. The average molecular weight is 395 g/mol. The van der Waals surface area contributed by atoms with E-state index in [1.165, 1.54) is 16.8 Å². The van der Waals surface area contributed by atoms with Crippen molar-refractivity contribution in [1.82, 2.24) is 0 Å². The normalized spacial score (nSPS) is 14.8. The number of aryl methyl sites for hydroxylation is 2. The van der Waals surface area contributed by atoms with E-state index in [9.17, 15) is 0 Å². The van der Waals surface area contributed by atoms with Crippen molar-refractivity contribution in [2.75, 3.05) is 0 Å². The van der Waals surface area contributed by atoms with Crippen LogP contribution in [-0.4, -0.2) is 23.0 Å². The van der Waals surface area contributed by atoms with Gasteiger partial charge in [-0.25, -0.2) is 0 Å². The Labute approximate surface area is 151 Å². The minimum atomic E-state index is -1.63. The molecule has 1 aliphatic heterocycles. The maximum absolute atomic E-state index is 2.50. The van der Waals surface area contributed by atoms with Gasteiger partial charge in [0.1, 0.15) is 0 Å². The Kier molecular flexibility index (Phi) is 3.76. The van der Waals surface area contributed by atoms with Crippen molar-refractivity contribution in [3.8, 4) is 11.3 Å². The first-order chi connectivity index (χ1) is 11.5. The molecular formula is C21H22NSeSi+. The third-order valence-corrected chi connectivity index (χ3v) is 12.0. The molecular weight excluding hydrogens is 373 g/mol. The van der Waals surface area contributed by atoms with E-state index in [1.54, 1.807) is 19.3 Å². The SMILES string of the molecule is Cc1ccc2c(c1-c1cccc[n+]1C)[Se]c1ccccc1[Si]2(C)C. The standard InChI is InChI=1S/C21H22NSeSi/c1-15-12-13-19-21(20(15)16-9-7-8-14-22(16)2)23-17-10-5-6-11-18(17)24(19,3)4/h5-14H,1-4H3/q+1. The van der Waals surface area contributed by atoms with Crippen LogP contribution in [-0.2, 0) is 7.05 Å². The van der Waals surface area contributed by atoms with Gasteiger partial charge in [-0.1, -0.05) is 0 Å². The molecule has 0 N–H and O–H groups in total. The molecule has 0 bridgehead atoms. The second kappa shape index (κ2) is 5.70. The van der Waals surface area contributed by atoms with Crippen molar-refractivity contribution in [3.63, 3.8) is 0 Å². The van der Waals surface area contributed by atoms with Gasteiger partial charge in [0, 0.05) is 0 Å². The fraction of sp³-hybridized carbons (Fsp3) is 0.190. The van der Waals surface area contributed by atoms with Gasteiger partial charge in [-0.15, -0.1) is 0 Å². The summed E-state index contributed by atoms with van der Waals surface area (Å²) in [7, 11) is 0.523. The summed E-state index contributed by atoms with van der Waals surface area (Å²) in [4.78, 5) is 0. The summed E-state index contributed by atoms with van der Waals surface area (Å²) in [6.07, 6.45) is 2.15. The Bertz CT molecular complexity index is 946. The van der Waals surface area contributed by atoms with Crippen LogP contribution in [0.3, 0.4) is 0 Å². The van der Waals surface area contributed by atoms with Crippen LogP contribution in [0.1, 0.15) is 5.56 Å². The molecule has 1 aromatic heterocycles. The van der Waals surface area contributed by atoms with Crippen molar-refractivity contribution in [1.29, 1.82) is 0 Å². The molecule has 0 saturated heterocycles. The molecule has 0 saturated carbocycles. The quantitative estimate of drug-likeness (QED) is 0.432. The molecule has 3 heteroatoms. The predicted molar refractivity (Wildman–Crippen MR) is 106 cm³/mol. The van der Waals surface area contributed by atoms with E-state index in [0.717, 1.165) is 0 Å². The summed E-state index contributed by atoms with van der Waals surface area (Å²) >= 11 is 0.374. The Morgan fingerprint density at radius 1 is 0.875 bits per heavy atom. The van der Waals surface area contributed by atoms with Crippen molar-refractivity contribution in [2.45, 2.75) is 20.0 Å².